The third kappa shape index (κ3) is 5.14. The van der Waals surface area contributed by atoms with Crippen molar-refractivity contribution >= 4 is 29.1 Å². The van der Waals surface area contributed by atoms with E-state index < -0.39 is 17.7 Å². The fourth-order valence-corrected chi connectivity index (χ4v) is 4.75. The van der Waals surface area contributed by atoms with E-state index in [9.17, 15) is 18.0 Å². The standard InChI is InChI=1S/C20H16F3NO2S2/c1-12-17(11-27-16-4-2-3-13(9-16)10-18(25)26)28-19(24-12)14-5-7-15(8-6-14)20(21,22)23/h2-9H,10-11H2,1H3,(H,25,26). The highest BCUT2D eigenvalue weighted by Crippen LogP contribution is 2.35. The Morgan fingerprint density at radius 1 is 1.18 bits per heavy atom. The van der Waals surface area contributed by atoms with Crippen LogP contribution in [0.5, 0.6) is 0 Å². The molecule has 0 unspecified atom stereocenters. The zero-order valence-electron chi connectivity index (χ0n) is 14.8. The summed E-state index contributed by atoms with van der Waals surface area (Å²) in [5.74, 6) is -0.220. The molecule has 0 bridgehead atoms. The highest BCUT2D eigenvalue weighted by atomic mass is 32.2. The zero-order chi connectivity index (χ0) is 20.3. The average molecular weight is 423 g/mol. The monoisotopic (exact) mass is 423 g/mol. The number of carbonyl (C=O) groups is 1. The van der Waals surface area contributed by atoms with E-state index in [1.165, 1.54) is 23.5 Å². The van der Waals surface area contributed by atoms with Crippen molar-refractivity contribution in [3.63, 3.8) is 0 Å². The third-order valence-electron chi connectivity index (χ3n) is 3.98. The molecule has 0 aliphatic heterocycles. The molecule has 0 saturated carbocycles. The van der Waals surface area contributed by atoms with Crippen molar-refractivity contribution in [1.82, 2.24) is 4.98 Å². The highest BCUT2D eigenvalue weighted by molar-refractivity contribution is 7.98. The summed E-state index contributed by atoms with van der Waals surface area (Å²) >= 11 is 3.02. The maximum atomic E-state index is 12.7. The van der Waals surface area contributed by atoms with Gasteiger partial charge in [0.15, 0.2) is 0 Å². The van der Waals surface area contributed by atoms with Crippen molar-refractivity contribution in [2.24, 2.45) is 0 Å². The van der Waals surface area contributed by atoms with Crippen molar-refractivity contribution in [3.05, 3.63) is 70.2 Å². The number of nitrogens with zero attached hydrogens (tertiary/aromatic N) is 1. The van der Waals surface area contributed by atoms with Crippen LogP contribution in [-0.4, -0.2) is 16.1 Å². The van der Waals surface area contributed by atoms with Gasteiger partial charge < -0.3 is 5.11 Å². The summed E-state index contributed by atoms with van der Waals surface area (Å²) in [6.45, 7) is 1.88. The first kappa shape index (κ1) is 20.4. The van der Waals surface area contributed by atoms with E-state index in [-0.39, 0.29) is 6.42 Å². The summed E-state index contributed by atoms with van der Waals surface area (Å²) in [4.78, 5) is 17.3. The highest BCUT2D eigenvalue weighted by Gasteiger charge is 2.30. The topological polar surface area (TPSA) is 50.2 Å². The molecule has 1 heterocycles. The van der Waals surface area contributed by atoms with Gasteiger partial charge in [-0.3, -0.25) is 4.79 Å². The predicted molar refractivity (Wildman–Crippen MR) is 105 cm³/mol. The van der Waals surface area contributed by atoms with Crippen LogP contribution in [0.15, 0.2) is 53.4 Å². The molecule has 0 aliphatic carbocycles. The van der Waals surface area contributed by atoms with Crippen molar-refractivity contribution in [2.45, 2.75) is 30.2 Å². The van der Waals surface area contributed by atoms with Gasteiger partial charge in [0.2, 0.25) is 0 Å². The van der Waals surface area contributed by atoms with Crippen molar-refractivity contribution in [1.29, 1.82) is 0 Å². The lowest BCUT2D eigenvalue weighted by Crippen LogP contribution is -2.03. The molecule has 2 aromatic carbocycles. The molecule has 0 radical (unpaired) electrons. The smallest absolute Gasteiger partial charge is 0.416 e. The molecule has 0 aliphatic rings. The molecule has 3 nitrogen and oxygen atoms in total. The fourth-order valence-electron chi connectivity index (χ4n) is 2.56. The summed E-state index contributed by atoms with van der Waals surface area (Å²) < 4.78 is 38.1. The second-order valence-electron chi connectivity index (χ2n) is 6.11. The van der Waals surface area contributed by atoms with Gasteiger partial charge in [-0.2, -0.15) is 13.2 Å². The Balaban J connectivity index is 1.72. The summed E-state index contributed by atoms with van der Waals surface area (Å²) in [6, 6.07) is 12.4. The Bertz CT molecular complexity index is 982. The number of aromatic nitrogens is 1. The molecule has 8 heteroatoms. The van der Waals surface area contributed by atoms with E-state index in [0.29, 0.717) is 16.3 Å². The lowest BCUT2D eigenvalue weighted by molar-refractivity contribution is -0.138. The van der Waals surface area contributed by atoms with Gasteiger partial charge in [0, 0.05) is 21.1 Å². The lowest BCUT2D eigenvalue weighted by Gasteiger charge is -2.06. The van der Waals surface area contributed by atoms with Crippen LogP contribution in [0.4, 0.5) is 13.2 Å². The number of carboxylic acids is 1. The van der Waals surface area contributed by atoms with Gasteiger partial charge in [-0.1, -0.05) is 24.3 Å². The first-order valence-corrected chi connectivity index (χ1v) is 10.1. The number of alkyl halides is 3. The number of hydrogen-bond acceptors (Lipinski definition) is 4. The van der Waals surface area contributed by atoms with Gasteiger partial charge in [0.1, 0.15) is 5.01 Å². The molecule has 3 aromatic rings. The molecular weight excluding hydrogens is 407 g/mol. The molecular formula is C20H16F3NO2S2. The molecule has 3 rings (SSSR count). The van der Waals surface area contributed by atoms with Gasteiger partial charge in [-0.15, -0.1) is 23.1 Å². The first-order valence-electron chi connectivity index (χ1n) is 8.30. The van der Waals surface area contributed by atoms with E-state index in [2.05, 4.69) is 4.98 Å². The van der Waals surface area contributed by atoms with E-state index >= 15 is 0 Å². The summed E-state index contributed by atoms with van der Waals surface area (Å²) in [5, 5.41) is 9.58. The molecule has 146 valence electrons. The predicted octanol–water partition coefficient (Wildman–Crippen LogP) is 6.06. The van der Waals surface area contributed by atoms with Crippen molar-refractivity contribution < 1.29 is 23.1 Å². The Hall–Kier alpha value is -2.32. The summed E-state index contributed by atoms with van der Waals surface area (Å²) in [6.07, 6.45) is -4.37. The zero-order valence-corrected chi connectivity index (χ0v) is 16.4. The fraction of sp³-hybridized carbons (Fsp3) is 0.200. The lowest BCUT2D eigenvalue weighted by atomic mass is 10.1. The largest absolute Gasteiger partial charge is 0.481 e. The average Bonchev–Trinajstić information content (AvgIpc) is 3.00. The second-order valence-corrected chi connectivity index (χ2v) is 8.24. The minimum Gasteiger partial charge on any atom is -0.481 e. The third-order valence-corrected chi connectivity index (χ3v) is 6.39. The molecule has 0 spiro atoms. The second kappa shape index (κ2) is 8.36. The summed E-state index contributed by atoms with van der Waals surface area (Å²) in [5.41, 5.74) is 1.56. The van der Waals surface area contributed by atoms with Gasteiger partial charge in [-0.25, -0.2) is 4.98 Å². The number of rotatable bonds is 6. The van der Waals surface area contributed by atoms with E-state index in [1.54, 1.807) is 17.8 Å². The first-order chi connectivity index (χ1) is 13.2. The number of aliphatic carboxylic acids is 1. The molecule has 0 amide bonds. The van der Waals surface area contributed by atoms with E-state index in [0.717, 1.165) is 33.2 Å². The van der Waals surface area contributed by atoms with E-state index in [4.69, 9.17) is 5.11 Å². The Morgan fingerprint density at radius 3 is 2.54 bits per heavy atom. The number of thioether (sulfide) groups is 1. The van der Waals surface area contributed by atoms with Crippen LogP contribution in [0.2, 0.25) is 0 Å². The number of thiazole rings is 1. The van der Waals surface area contributed by atoms with Crippen LogP contribution in [0.25, 0.3) is 10.6 Å². The summed E-state index contributed by atoms with van der Waals surface area (Å²) in [7, 11) is 0. The minimum absolute atomic E-state index is 0.0218. The molecule has 0 saturated heterocycles. The van der Waals surface area contributed by atoms with Gasteiger partial charge >= 0.3 is 12.1 Å². The Labute approximate surface area is 168 Å². The Kier molecular flexibility index (Phi) is 6.10. The molecule has 0 atom stereocenters. The van der Waals surface area contributed by atoms with Crippen molar-refractivity contribution in [2.75, 3.05) is 0 Å². The SMILES string of the molecule is Cc1nc(-c2ccc(C(F)(F)F)cc2)sc1CSc1cccc(CC(=O)O)c1. The van der Waals surface area contributed by atoms with Gasteiger partial charge in [0.25, 0.3) is 0 Å². The maximum absolute atomic E-state index is 12.7. The van der Waals surface area contributed by atoms with Crippen LogP contribution in [0, 0.1) is 6.92 Å². The van der Waals surface area contributed by atoms with Gasteiger partial charge in [-0.05, 0) is 36.8 Å². The van der Waals surface area contributed by atoms with Crippen LogP contribution >= 0.6 is 23.1 Å². The van der Waals surface area contributed by atoms with Crippen molar-refractivity contribution in [3.8, 4) is 10.6 Å². The van der Waals surface area contributed by atoms with Gasteiger partial charge in [0.05, 0.1) is 17.7 Å². The number of aryl methyl sites for hydroxylation is 1. The number of benzene rings is 2. The minimum atomic E-state index is -4.35. The number of carboxylic acid groups (broad SMARTS) is 1. The van der Waals surface area contributed by atoms with E-state index in [1.807, 2.05) is 25.1 Å². The van der Waals surface area contributed by atoms with Crippen LogP contribution < -0.4 is 0 Å². The Morgan fingerprint density at radius 2 is 1.89 bits per heavy atom. The number of halogens is 3. The normalized spacial score (nSPS) is 11.6. The van der Waals surface area contributed by atoms with Crippen LogP contribution in [0.3, 0.4) is 0 Å². The van der Waals surface area contributed by atoms with Crippen LogP contribution in [0.1, 0.15) is 21.7 Å². The maximum Gasteiger partial charge on any atom is 0.416 e. The molecule has 1 aromatic heterocycles. The number of hydrogen-bond donors (Lipinski definition) is 1. The van der Waals surface area contributed by atoms with Crippen LogP contribution in [-0.2, 0) is 23.1 Å². The molecule has 1 N–H and O–H groups in total. The molecule has 0 fully saturated rings. The molecule has 28 heavy (non-hydrogen) atoms. The quantitative estimate of drug-likeness (QED) is 0.490.